The molecule has 1 saturated carbocycles. The number of nitrogens with zero attached hydrogens (tertiary/aromatic N) is 1. The summed E-state index contributed by atoms with van der Waals surface area (Å²) in [5, 5.41) is 0. The topological polar surface area (TPSA) is 46.3 Å². The number of nitrogens with two attached hydrogens (primary N) is 1. The van der Waals surface area contributed by atoms with Crippen LogP contribution in [0.5, 0.6) is 0 Å². The van der Waals surface area contributed by atoms with Crippen molar-refractivity contribution in [1.82, 2.24) is 4.90 Å². The van der Waals surface area contributed by atoms with E-state index >= 15 is 0 Å². The average Bonchev–Trinajstić information content (AvgIpc) is 2.50. The molecule has 0 heterocycles. The second kappa shape index (κ2) is 7.36. The third-order valence-corrected chi connectivity index (χ3v) is 4.83. The predicted octanol–water partition coefficient (Wildman–Crippen LogP) is 3.57. The summed E-state index contributed by atoms with van der Waals surface area (Å²) in [6.45, 7) is 3.09. The summed E-state index contributed by atoms with van der Waals surface area (Å²) >= 11 is 3.30. The monoisotopic (exact) mass is 356 g/mol. The fraction of sp³-hybridized carbons (Fsp3) is 0.562. The summed E-state index contributed by atoms with van der Waals surface area (Å²) in [6.07, 6.45) is 4.27. The standard InChI is InChI=1S/C16H22BrFN2O/c1-2-20(15-6-4-3-5-11(15)10-19)16(21)13-9-12(17)7-8-14(13)18/h7-9,11,15H,2-6,10,19H2,1H3. The highest BCUT2D eigenvalue weighted by atomic mass is 79.9. The number of rotatable bonds is 4. The number of halogens is 2. The minimum absolute atomic E-state index is 0.125. The summed E-state index contributed by atoms with van der Waals surface area (Å²) < 4.78 is 14.7. The Hall–Kier alpha value is -0.940. The van der Waals surface area contributed by atoms with Gasteiger partial charge in [0.15, 0.2) is 0 Å². The Morgan fingerprint density at radius 1 is 1.43 bits per heavy atom. The number of hydrogen-bond acceptors (Lipinski definition) is 2. The quantitative estimate of drug-likeness (QED) is 0.896. The molecule has 1 aliphatic carbocycles. The van der Waals surface area contributed by atoms with Gasteiger partial charge in [0, 0.05) is 17.1 Å². The van der Waals surface area contributed by atoms with Crippen LogP contribution in [0.2, 0.25) is 0 Å². The van der Waals surface area contributed by atoms with E-state index < -0.39 is 5.82 Å². The molecule has 3 nitrogen and oxygen atoms in total. The van der Waals surface area contributed by atoms with Crippen LogP contribution in [0.25, 0.3) is 0 Å². The molecule has 21 heavy (non-hydrogen) atoms. The molecule has 1 aliphatic rings. The Bertz CT molecular complexity index is 509. The van der Waals surface area contributed by atoms with Gasteiger partial charge in [0.25, 0.3) is 5.91 Å². The van der Waals surface area contributed by atoms with Gasteiger partial charge in [-0.1, -0.05) is 28.8 Å². The fourth-order valence-corrected chi connectivity index (χ4v) is 3.58. The SMILES string of the molecule is CCN(C(=O)c1cc(Br)ccc1F)C1CCCCC1CN. The lowest BCUT2D eigenvalue weighted by Crippen LogP contribution is -2.48. The zero-order chi connectivity index (χ0) is 15.4. The van der Waals surface area contributed by atoms with Crippen LogP contribution in [-0.2, 0) is 0 Å². The van der Waals surface area contributed by atoms with E-state index in [4.69, 9.17) is 5.73 Å². The molecule has 2 rings (SSSR count). The minimum atomic E-state index is -0.471. The van der Waals surface area contributed by atoms with Crippen molar-refractivity contribution in [3.63, 3.8) is 0 Å². The van der Waals surface area contributed by atoms with Gasteiger partial charge < -0.3 is 10.6 Å². The first-order valence-corrected chi connectivity index (χ1v) is 8.33. The van der Waals surface area contributed by atoms with Gasteiger partial charge in [-0.3, -0.25) is 4.79 Å². The van der Waals surface area contributed by atoms with E-state index in [1.807, 2.05) is 6.92 Å². The number of benzene rings is 1. The van der Waals surface area contributed by atoms with Crippen LogP contribution in [0.1, 0.15) is 43.0 Å². The van der Waals surface area contributed by atoms with Crippen LogP contribution in [0, 0.1) is 11.7 Å². The first-order chi connectivity index (χ1) is 10.1. The molecule has 0 bridgehead atoms. The molecule has 1 aromatic rings. The lowest BCUT2D eigenvalue weighted by Gasteiger charge is -2.39. The number of hydrogen-bond donors (Lipinski definition) is 1. The van der Waals surface area contributed by atoms with Crippen molar-refractivity contribution in [2.75, 3.05) is 13.1 Å². The lowest BCUT2D eigenvalue weighted by molar-refractivity contribution is 0.0555. The second-order valence-corrected chi connectivity index (χ2v) is 6.48. The average molecular weight is 357 g/mol. The molecule has 1 amide bonds. The number of amides is 1. The molecule has 0 aliphatic heterocycles. The zero-order valence-electron chi connectivity index (χ0n) is 12.3. The van der Waals surface area contributed by atoms with Crippen molar-refractivity contribution in [2.24, 2.45) is 11.7 Å². The highest BCUT2D eigenvalue weighted by molar-refractivity contribution is 9.10. The fourth-order valence-electron chi connectivity index (χ4n) is 3.22. The Kier molecular flexibility index (Phi) is 5.76. The Balaban J connectivity index is 2.27. The highest BCUT2D eigenvalue weighted by Crippen LogP contribution is 2.29. The van der Waals surface area contributed by atoms with Gasteiger partial charge in [-0.25, -0.2) is 4.39 Å². The van der Waals surface area contributed by atoms with E-state index in [0.29, 0.717) is 23.5 Å². The van der Waals surface area contributed by atoms with E-state index in [-0.39, 0.29) is 17.5 Å². The number of carbonyl (C=O) groups is 1. The third kappa shape index (κ3) is 3.64. The Morgan fingerprint density at radius 2 is 2.14 bits per heavy atom. The summed E-state index contributed by atoms with van der Waals surface area (Å²) in [7, 11) is 0. The molecule has 0 saturated heterocycles. The van der Waals surface area contributed by atoms with E-state index in [1.165, 1.54) is 6.07 Å². The van der Waals surface area contributed by atoms with Crippen molar-refractivity contribution in [3.05, 3.63) is 34.1 Å². The summed E-state index contributed by atoms with van der Waals surface area (Å²) in [5.41, 5.74) is 5.99. The molecule has 2 N–H and O–H groups in total. The lowest BCUT2D eigenvalue weighted by atomic mass is 9.83. The Morgan fingerprint density at radius 3 is 2.81 bits per heavy atom. The van der Waals surface area contributed by atoms with E-state index in [0.717, 1.165) is 25.7 Å². The van der Waals surface area contributed by atoms with Gasteiger partial charge in [-0.15, -0.1) is 0 Å². The van der Waals surface area contributed by atoms with Gasteiger partial charge in [0.05, 0.1) is 5.56 Å². The third-order valence-electron chi connectivity index (χ3n) is 4.33. The van der Waals surface area contributed by atoms with Gasteiger partial charge >= 0.3 is 0 Å². The predicted molar refractivity (Wildman–Crippen MR) is 85.6 cm³/mol. The smallest absolute Gasteiger partial charge is 0.257 e. The van der Waals surface area contributed by atoms with Crippen LogP contribution in [-0.4, -0.2) is 29.9 Å². The largest absolute Gasteiger partial charge is 0.336 e. The maximum absolute atomic E-state index is 14.0. The van der Waals surface area contributed by atoms with Crippen molar-refractivity contribution in [1.29, 1.82) is 0 Å². The van der Waals surface area contributed by atoms with E-state index in [2.05, 4.69) is 15.9 Å². The van der Waals surface area contributed by atoms with Crippen molar-refractivity contribution < 1.29 is 9.18 Å². The van der Waals surface area contributed by atoms with Gasteiger partial charge in [-0.05, 0) is 50.4 Å². The van der Waals surface area contributed by atoms with Gasteiger partial charge in [0.1, 0.15) is 5.82 Å². The molecular formula is C16H22BrFN2O. The molecule has 0 radical (unpaired) electrons. The van der Waals surface area contributed by atoms with Gasteiger partial charge in [-0.2, -0.15) is 0 Å². The molecule has 1 fully saturated rings. The maximum Gasteiger partial charge on any atom is 0.257 e. The molecular weight excluding hydrogens is 335 g/mol. The Labute approximate surface area is 133 Å². The minimum Gasteiger partial charge on any atom is -0.336 e. The summed E-state index contributed by atoms with van der Waals surface area (Å²) in [6, 6.07) is 4.61. The molecule has 116 valence electrons. The van der Waals surface area contributed by atoms with Crippen LogP contribution in [0.4, 0.5) is 4.39 Å². The van der Waals surface area contributed by atoms with E-state index in [9.17, 15) is 9.18 Å². The van der Waals surface area contributed by atoms with Crippen LogP contribution in [0.3, 0.4) is 0 Å². The molecule has 5 heteroatoms. The highest BCUT2D eigenvalue weighted by Gasteiger charge is 2.32. The van der Waals surface area contributed by atoms with Crippen molar-refractivity contribution in [2.45, 2.75) is 38.6 Å². The van der Waals surface area contributed by atoms with E-state index in [1.54, 1.807) is 17.0 Å². The number of carbonyl (C=O) groups excluding carboxylic acids is 1. The molecule has 0 spiro atoms. The molecule has 2 atom stereocenters. The van der Waals surface area contributed by atoms with Crippen LogP contribution >= 0.6 is 15.9 Å². The first kappa shape index (κ1) is 16.4. The maximum atomic E-state index is 14.0. The summed E-state index contributed by atoms with van der Waals surface area (Å²) in [5.74, 6) is -0.388. The van der Waals surface area contributed by atoms with Crippen molar-refractivity contribution in [3.8, 4) is 0 Å². The molecule has 1 aromatic carbocycles. The van der Waals surface area contributed by atoms with Crippen molar-refractivity contribution >= 4 is 21.8 Å². The molecule has 2 unspecified atom stereocenters. The van der Waals surface area contributed by atoms with Crippen LogP contribution < -0.4 is 5.73 Å². The van der Waals surface area contributed by atoms with Crippen LogP contribution in [0.15, 0.2) is 22.7 Å². The first-order valence-electron chi connectivity index (χ1n) is 7.54. The van der Waals surface area contributed by atoms with Gasteiger partial charge in [0.2, 0.25) is 0 Å². The summed E-state index contributed by atoms with van der Waals surface area (Å²) in [4.78, 5) is 14.5. The second-order valence-electron chi connectivity index (χ2n) is 5.56. The molecule has 0 aromatic heterocycles. The normalized spacial score (nSPS) is 22.1. The zero-order valence-corrected chi connectivity index (χ0v) is 13.9.